The highest BCUT2D eigenvalue weighted by Crippen LogP contribution is 2.40. The molecule has 3 fully saturated rings. The molecule has 1 aromatic carbocycles. The molecule has 1 aliphatic carbocycles. The van der Waals surface area contributed by atoms with E-state index in [1.807, 2.05) is 4.90 Å². The van der Waals surface area contributed by atoms with Crippen molar-refractivity contribution in [2.45, 2.75) is 56.4 Å². The first kappa shape index (κ1) is 22.3. The molecule has 2 saturated heterocycles. The summed E-state index contributed by atoms with van der Waals surface area (Å²) in [5, 5.41) is 0. The van der Waals surface area contributed by atoms with Crippen LogP contribution in [-0.2, 0) is 24.6 Å². The van der Waals surface area contributed by atoms with Gasteiger partial charge in [0.2, 0.25) is 23.6 Å². The average Bonchev–Trinajstić information content (AvgIpc) is 3.03. The van der Waals surface area contributed by atoms with Crippen LogP contribution in [0.1, 0.15) is 50.5 Å². The third-order valence-corrected chi connectivity index (χ3v) is 7.26. The lowest BCUT2D eigenvalue weighted by Gasteiger charge is -2.41. The molecule has 0 bridgehead atoms. The van der Waals surface area contributed by atoms with Crippen molar-refractivity contribution in [2.24, 2.45) is 0 Å². The molecule has 0 spiro atoms. The van der Waals surface area contributed by atoms with Crippen LogP contribution in [0.2, 0.25) is 0 Å². The number of likely N-dealkylation sites (tertiary alicyclic amines) is 1. The van der Waals surface area contributed by atoms with Crippen molar-refractivity contribution in [3.05, 3.63) is 29.8 Å². The van der Waals surface area contributed by atoms with E-state index in [4.69, 9.17) is 4.74 Å². The topological polar surface area (TPSA) is 87.2 Å². The summed E-state index contributed by atoms with van der Waals surface area (Å²) in [6.45, 7) is 1.02. The fraction of sp³-hybridized carbons (Fsp3) is 0.583. The number of likely N-dealkylation sites (N-methyl/N-ethyl adjacent to an activating group) is 1. The normalized spacial score (nSPS) is 24.9. The van der Waals surface area contributed by atoms with Gasteiger partial charge in [0, 0.05) is 39.0 Å². The van der Waals surface area contributed by atoms with Gasteiger partial charge in [0.05, 0.1) is 19.1 Å². The predicted molar refractivity (Wildman–Crippen MR) is 117 cm³/mol. The first-order chi connectivity index (χ1) is 15.4. The molecule has 0 radical (unpaired) electrons. The number of carbonyl (C=O) groups is 4. The second kappa shape index (κ2) is 8.92. The van der Waals surface area contributed by atoms with E-state index in [0.717, 1.165) is 30.6 Å². The van der Waals surface area contributed by atoms with Gasteiger partial charge in [-0.2, -0.15) is 0 Å². The molecule has 2 aliphatic heterocycles. The second-order valence-corrected chi connectivity index (χ2v) is 9.12. The molecule has 8 nitrogen and oxygen atoms in total. The molecule has 2 heterocycles. The molecule has 1 saturated carbocycles. The minimum absolute atomic E-state index is 0.0269. The Hall–Kier alpha value is -2.90. The number of piperazine rings is 1. The number of ether oxygens (including phenoxy) is 1. The zero-order chi connectivity index (χ0) is 22.9. The molecule has 0 N–H and O–H groups in total. The van der Waals surface area contributed by atoms with Crippen LogP contribution < -0.4 is 4.74 Å². The van der Waals surface area contributed by atoms with E-state index < -0.39 is 5.41 Å². The quantitative estimate of drug-likeness (QED) is 0.650. The molecule has 172 valence electrons. The molecular weight excluding hydrogens is 410 g/mol. The largest absolute Gasteiger partial charge is 0.497 e. The van der Waals surface area contributed by atoms with Crippen molar-refractivity contribution in [2.75, 3.05) is 33.8 Å². The Morgan fingerprint density at radius 1 is 1.03 bits per heavy atom. The van der Waals surface area contributed by atoms with Crippen molar-refractivity contribution in [3.8, 4) is 5.75 Å². The van der Waals surface area contributed by atoms with Crippen molar-refractivity contribution >= 4 is 23.6 Å². The van der Waals surface area contributed by atoms with Crippen molar-refractivity contribution in [1.82, 2.24) is 14.7 Å². The van der Waals surface area contributed by atoms with E-state index >= 15 is 0 Å². The minimum atomic E-state index is -1.25. The Labute approximate surface area is 188 Å². The maximum Gasteiger partial charge on any atom is 0.242 e. The van der Waals surface area contributed by atoms with Crippen LogP contribution in [-0.4, -0.2) is 78.2 Å². The predicted octanol–water partition coefficient (Wildman–Crippen LogP) is 1.72. The van der Waals surface area contributed by atoms with Crippen molar-refractivity contribution in [1.29, 1.82) is 0 Å². The first-order valence-corrected chi connectivity index (χ1v) is 11.4. The third kappa shape index (κ3) is 3.98. The van der Waals surface area contributed by atoms with E-state index in [0.29, 0.717) is 24.4 Å². The summed E-state index contributed by atoms with van der Waals surface area (Å²) >= 11 is 0. The monoisotopic (exact) mass is 441 g/mol. The van der Waals surface area contributed by atoms with Crippen molar-refractivity contribution in [3.63, 3.8) is 0 Å². The fourth-order valence-corrected chi connectivity index (χ4v) is 5.31. The molecular formula is C24H31N3O5. The van der Waals surface area contributed by atoms with Crippen LogP contribution in [0.25, 0.3) is 0 Å². The summed E-state index contributed by atoms with van der Waals surface area (Å²) in [6.07, 6.45) is 5.38. The van der Waals surface area contributed by atoms with E-state index in [2.05, 4.69) is 0 Å². The van der Waals surface area contributed by atoms with Crippen LogP contribution in [0.5, 0.6) is 5.75 Å². The van der Waals surface area contributed by atoms with Crippen LogP contribution in [0.3, 0.4) is 0 Å². The number of nitrogens with zero attached hydrogens (tertiary/aromatic N) is 3. The van der Waals surface area contributed by atoms with Gasteiger partial charge in [-0.3, -0.25) is 24.1 Å². The SMILES string of the molecule is COc1ccc(C2(CC(=O)N3CCN(C4CCCCC4)C(=O)C3)CC(=O)N(C)C2=O)cc1. The molecule has 0 aromatic heterocycles. The van der Waals surface area contributed by atoms with Gasteiger partial charge in [0.15, 0.2) is 0 Å². The summed E-state index contributed by atoms with van der Waals surface area (Å²) < 4.78 is 5.20. The van der Waals surface area contributed by atoms with Gasteiger partial charge in [-0.05, 0) is 30.5 Å². The first-order valence-electron chi connectivity index (χ1n) is 11.4. The summed E-state index contributed by atoms with van der Waals surface area (Å²) in [4.78, 5) is 56.3. The summed E-state index contributed by atoms with van der Waals surface area (Å²) in [6, 6.07) is 7.21. The van der Waals surface area contributed by atoms with Crippen LogP contribution >= 0.6 is 0 Å². The summed E-state index contributed by atoms with van der Waals surface area (Å²) in [5.41, 5.74) is -0.639. The number of benzene rings is 1. The van der Waals surface area contributed by atoms with Gasteiger partial charge >= 0.3 is 0 Å². The number of carbonyl (C=O) groups excluding carboxylic acids is 4. The zero-order valence-electron chi connectivity index (χ0n) is 18.8. The lowest BCUT2D eigenvalue weighted by Crippen LogP contribution is -2.56. The van der Waals surface area contributed by atoms with E-state index in [1.54, 1.807) is 36.3 Å². The summed E-state index contributed by atoms with van der Waals surface area (Å²) in [7, 11) is 3.00. The molecule has 4 rings (SSSR count). The van der Waals surface area contributed by atoms with E-state index in [9.17, 15) is 19.2 Å². The Morgan fingerprint density at radius 2 is 1.72 bits per heavy atom. The summed E-state index contributed by atoms with van der Waals surface area (Å²) in [5.74, 6) is -0.357. The number of amides is 4. The van der Waals surface area contributed by atoms with E-state index in [1.165, 1.54) is 13.5 Å². The molecule has 32 heavy (non-hydrogen) atoms. The number of rotatable bonds is 5. The second-order valence-electron chi connectivity index (χ2n) is 9.12. The highest BCUT2D eigenvalue weighted by molar-refractivity contribution is 6.10. The molecule has 1 atom stereocenters. The number of hydrogen-bond donors (Lipinski definition) is 0. The van der Waals surface area contributed by atoms with Crippen molar-refractivity contribution < 1.29 is 23.9 Å². The third-order valence-electron chi connectivity index (χ3n) is 7.26. The number of imide groups is 1. The number of methoxy groups -OCH3 is 1. The van der Waals surface area contributed by atoms with Gasteiger partial charge < -0.3 is 14.5 Å². The minimum Gasteiger partial charge on any atom is -0.497 e. The van der Waals surface area contributed by atoms with Crippen LogP contribution in [0.4, 0.5) is 0 Å². The molecule has 1 aromatic rings. The molecule has 1 unspecified atom stereocenters. The smallest absolute Gasteiger partial charge is 0.242 e. The molecule has 8 heteroatoms. The number of hydrogen-bond acceptors (Lipinski definition) is 5. The Morgan fingerprint density at radius 3 is 2.28 bits per heavy atom. The van der Waals surface area contributed by atoms with Crippen LogP contribution in [0, 0.1) is 0 Å². The van der Waals surface area contributed by atoms with Gasteiger partial charge in [-0.1, -0.05) is 31.4 Å². The highest BCUT2D eigenvalue weighted by atomic mass is 16.5. The average molecular weight is 442 g/mol. The van der Waals surface area contributed by atoms with Gasteiger partial charge in [-0.15, -0.1) is 0 Å². The molecule has 3 aliphatic rings. The Balaban J connectivity index is 1.51. The van der Waals surface area contributed by atoms with Gasteiger partial charge in [-0.25, -0.2) is 0 Å². The zero-order valence-corrected chi connectivity index (χ0v) is 18.8. The maximum atomic E-state index is 13.3. The lowest BCUT2D eigenvalue weighted by atomic mass is 9.75. The lowest BCUT2D eigenvalue weighted by molar-refractivity contribution is -0.149. The molecule has 4 amide bonds. The Bertz CT molecular complexity index is 909. The van der Waals surface area contributed by atoms with Gasteiger partial charge in [0.1, 0.15) is 5.75 Å². The maximum absolute atomic E-state index is 13.3. The van der Waals surface area contributed by atoms with Gasteiger partial charge in [0.25, 0.3) is 0 Å². The highest BCUT2D eigenvalue weighted by Gasteiger charge is 2.53. The Kier molecular flexibility index (Phi) is 6.22. The standard InChI is InChI=1S/C24H31N3O5/c1-25-20(28)14-24(23(25)31,17-8-10-19(32-2)11-9-17)15-21(29)26-12-13-27(22(30)16-26)18-6-4-3-5-7-18/h8-11,18H,3-7,12-16H2,1-2H3. The van der Waals surface area contributed by atoms with E-state index in [-0.39, 0.29) is 49.1 Å². The van der Waals surface area contributed by atoms with Crippen LogP contribution in [0.15, 0.2) is 24.3 Å². The fourth-order valence-electron chi connectivity index (χ4n) is 5.31.